The maximum absolute atomic E-state index is 11.1. The second-order valence-corrected chi connectivity index (χ2v) is 6.36. The average molecular weight is 272 g/mol. The molecule has 3 atom stereocenters. The number of ether oxygens (including phenoxy) is 3. The first-order valence-corrected chi connectivity index (χ1v) is 7.31. The van der Waals surface area contributed by atoms with Gasteiger partial charge in [-0.25, -0.2) is 0 Å². The Morgan fingerprint density at radius 2 is 1.95 bits per heavy atom. The zero-order valence-corrected chi connectivity index (χ0v) is 12.9. The Hall–Kier alpha value is -0.610. The molecule has 1 rings (SSSR count). The van der Waals surface area contributed by atoms with Gasteiger partial charge in [-0.3, -0.25) is 4.79 Å². The Labute approximate surface area is 116 Å². The molecule has 19 heavy (non-hydrogen) atoms. The maximum atomic E-state index is 11.1. The van der Waals surface area contributed by atoms with Crippen molar-refractivity contribution in [1.29, 1.82) is 0 Å². The fourth-order valence-electron chi connectivity index (χ4n) is 2.15. The van der Waals surface area contributed by atoms with Crippen LogP contribution in [0.5, 0.6) is 0 Å². The van der Waals surface area contributed by atoms with E-state index in [-0.39, 0.29) is 23.8 Å². The van der Waals surface area contributed by atoms with Crippen molar-refractivity contribution in [1.82, 2.24) is 0 Å². The van der Waals surface area contributed by atoms with Crippen LogP contribution in [0, 0.1) is 5.41 Å². The van der Waals surface area contributed by atoms with Crippen molar-refractivity contribution >= 4 is 5.97 Å². The molecular weight excluding hydrogens is 244 g/mol. The van der Waals surface area contributed by atoms with E-state index in [4.69, 9.17) is 14.2 Å². The van der Waals surface area contributed by atoms with Crippen LogP contribution in [0.4, 0.5) is 0 Å². The minimum absolute atomic E-state index is 0.119. The number of hydrogen-bond acceptors (Lipinski definition) is 4. The summed E-state index contributed by atoms with van der Waals surface area (Å²) < 4.78 is 16.9. The van der Waals surface area contributed by atoms with Gasteiger partial charge in [-0.2, -0.15) is 0 Å². The van der Waals surface area contributed by atoms with E-state index in [9.17, 15) is 4.79 Å². The lowest BCUT2D eigenvalue weighted by Crippen LogP contribution is -2.46. The summed E-state index contributed by atoms with van der Waals surface area (Å²) in [5.74, 6) is -0.299. The number of esters is 1. The third-order valence-corrected chi connectivity index (χ3v) is 3.18. The number of hydrogen-bond donors (Lipinski definition) is 0. The Bertz CT molecular complexity index is 282. The molecule has 0 spiro atoms. The van der Waals surface area contributed by atoms with Gasteiger partial charge in [0.2, 0.25) is 6.29 Å². The summed E-state index contributed by atoms with van der Waals surface area (Å²) in [7, 11) is 0. The molecule has 0 N–H and O–H groups in total. The first-order valence-electron chi connectivity index (χ1n) is 7.31. The first-order chi connectivity index (χ1) is 8.82. The van der Waals surface area contributed by atoms with Gasteiger partial charge < -0.3 is 14.2 Å². The number of unbranched alkanes of at least 4 members (excludes halogenated alkanes) is 2. The highest BCUT2D eigenvalue weighted by atomic mass is 16.8. The van der Waals surface area contributed by atoms with Gasteiger partial charge in [-0.15, -0.1) is 0 Å². The van der Waals surface area contributed by atoms with Crippen LogP contribution in [0.2, 0.25) is 0 Å². The highest BCUT2D eigenvalue weighted by Gasteiger charge is 2.38. The van der Waals surface area contributed by atoms with Gasteiger partial charge >= 0.3 is 5.97 Å². The molecule has 0 aromatic carbocycles. The normalized spacial score (nSPS) is 28.2. The fourth-order valence-corrected chi connectivity index (χ4v) is 2.15. The van der Waals surface area contributed by atoms with Crippen LogP contribution in [-0.4, -0.2) is 24.7 Å². The van der Waals surface area contributed by atoms with E-state index < -0.39 is 6.29 Å². The first kappa shape index (κ1) is 16.4. The molecule has 1 saturated heterocycles. The predicted molar refractivity (Wildman–Crippen MR) is 73.5 cm³/mol. The minimum Gasteiger partial charge on any atom is -0.436 e. The molecule has 0 bridgehead atoms. The van der Waals surface area contributed by atoms with E-state index in [1.165, 1.54) is 19.8 Å². The van der Waals surface area contributed by atoms with E-state index in [0.717, 1.165) is 12.8 Å². The summed E-state index contributed by atoms with van der Waals surface area (Å²) in [5, 5.41) is 0. The summed E-state index contributed by atoms with van der Waals surface area (Å²) in [6, 6.07) is 0. The molecule has 0 aliphatic carbocycles. The van der Waals surface area contributed by atoms with Gasteiger partial charge in [0.05, 0.1) is 6.10 Å². The van der Waals surface area contributed by atoms with Crippen molar-refractivity contribution in [3.8, 4) is 0 Å². The number of carbonyl (C=O) groups is 1. The zero-order valence-electron chi connectivity index (χ0n) is 12.9. The monoisotopic (exact) mass is 272 g/mol. The zero-order chi connectivity index (χ0) is 14.5. The molecule has 0 amide bonds. The van der Waals surface area contributed by atoms with Gasteiger partial charge in [0.15, 0.2) is 6.29 Å². The highest BCUT2D eigenvalue weighted by Crippen LogP contribution is 2.32. The molecule has 0 radical (unpaired) electrons. The van der Waals surface area contributed by atoms with E-state index in [1.807, 2.05) is 0 Å². The summed E-state index contributed by atoms with van der Waals surface area (Å²) in [5.41, 5.74) is -0.123. The Balaban J connectivity index is 2.58. The Kier molecular flexibility index (Phi) is 6.27. The Morgan fingerprint density at radius 3 is 2.47 bits per heavy atom. The number of rotatable bonds is 5. The van der Waals surface area contributed by atoms with E-state index in [2.05, 4.69) is 27.7 Å². The predicted octanol–water partition coefficient (Wildman–Crippen LogP) is 3.63. The van der Waals surface area contributed by atoms with E-state index >= 15 is 0 Å². The van der Waals surface area contributed by atoms with Gasteiger partial charge in [0, 0.05) is 18.8 Å². The molecule has 4 nitrogen and oxygen atoms in total. The smallest absolute Gasteiger partial charge is 0.304 e. The third-order valence-electron chi connectivity index (χ3n) is 3.18. The summed E-state index contributed by atoms with van der Waals surface area (Å²) in [4.78, 5) is 11.1. The van der Waals surface area contributed by atoms with Crippen LogP contribution < -0.4 is 0 Å². The van der Waals surface area contributed by atoms with Gasteiger partial charge in [-0.1, -0.05) is 47.0 Å². The molecular formula is C15H28O4. The average Bonchev–Trinajstić information content (AvgIpc) is 2.27. The van der Waals surface area contributed by atoms with E-state index in [1.54, 1.807) is 0 Å². The molecule has 4 heteroatoms. The van der Waals surface area contributed by atoms with Crippen molar-refractivity contribution < 1.29 is 19.0 Å². The molecule has 1 aliphatic rings. The summed E-state index contributed by atoms with van der Waals surface area (Å²) in [6.07, 6.45) is 4.51. The lowest BCUT2D eigenvalue weighted by molar-refractivity contribution is -0.325. The molecule has 0 saturated carbocycles. The fraction of sp³-hybridized carbons (Fsp3) is 0.933. The van der Waals surface area contributed by atoms with Crippen LogP contribution in [0.15, 0.2) is 0 Å². The van der Waals surface area contributed by atoms with Gasteiger partial charge in [-0.05, 0) is 6.42 Å². The summed E-state index contributed by atoms with van der Waals surface area (Å²) in [6.45, 7) is 9.80. The molecule has 0 aromatic rings. The lowest BCUT2D eigenvalue weighted by atomic mass is 9.94. The molecule has 0 unspecified atom stereocenters. The van der Waals surface area contributed by atoms with E-state index in [0.29, 0.717) is 6.42 Å². The standard InChI is InChI=1S/C15H28O4/c1-6-7-8-9-12-10-13(17-11(2)16)19-14(18-12)15(3,4)5/h12-14H,6-10H2,1-5H3/t12-,13-,14-/m1/s1. The quantitative estimate of drug-likeness (QED) is 0.566. The molecule has 1 heterocycles. The number of carbonyl (C=O) groups excluding carboxylic acids is 1. The Morgan fingerprint density at radius 1 is 1.26 bits per heavy atom. The second-order valence-electron chi connectivity index (χ2n) is 6.36. The molecule has 1 aliphatic heterocycles. The largest absolute Gasteiger partial charge is 0.436 e. The van der Waals surface area contributed by atoms with Crippen LogP contribution in [0.25, 0.3) is 0 Å². The van der Waals surface area contributed by atoms with Crippen molar-refractivity contribution in [3.05, 3.63) is 0 Å². The molecule has 112 valence electrons. The van der Waals surface area contributed by atoms with Crippen molar-refractivity contribution in [3.63, 3.8) is 0 Å². The van der Waals surface area contributed by atoms with Gasteiger partial charge in [0.25, 0.3) is 0 Å². The van der Waals surface area contributed by atoms with Crippen molar-refractivity contribution in [2.45, 2.75) is 85.4 Å². The van der Waals surface area contributed by atoms with Crippen LogP contribution in [-0.2, 0) is 19.0 Å². The SMILES string of the molecule is CCCCC[C@@H]1C[C@H](OC(C)=O)O[C@H](C(C)(C)C)O1. The van der Waals surface area contributed by atoms with Gasteiger partial charge in [0.1, 0.15) is 0 Å². The highest BCUT2D eigenvalue weighted by molar-refractivity contribution is 5.66. The van der Waals surface area contributed by atoms with Crippen LogP contribution in [0.1, 0.15) is 66.7 Å². The minimum atomic E-state index is -0.470. The third kappa shape index (κ3) is 5.91. The van der Waals surface area contributed by atoms with Crippen molar-refractivity contribution in [2.75, 3.05) is 0 Å². The molecule has 1 fully saturated rings. The maximum Gasteiger partial charge on any atom is 0.304 e. The molecule has 0 aromatic heterocycles. The topological polar surface area (TPSA) is 44.8 Å². The summed E-state index contributed by atoms with van der Waals surface area (Å²) >= 11 is 0. The van der Waals surface area contributed by atoms with Crippen LogP contribution >= 0.6 is 0 Å². The van der Waals surface area contributed by atoms with Crippen molar-refractivity contribution in [2.24, 2.45) is 5.41 Å². The second kappa shape index (κ2) is 7.25. The van der Waals surface area contributed by atoms with Crippen LogP contribution in [0.3, 0.4) is 0 Å². The lowest BCUT2D eigenvalue weighted by Gasteiger charge is -2.40.